The lowest BCUT2D eigenvalue weighted by molar-refractivity contribution is 0.239. The summed E-state index contributed by atoms with van der Waals surface area (Å²) in [5, 5.41) is 3.65. The number of nitrogens with two attached hydrogens (primary N) is 1. The van der Waals surface area contributed by atoms with Gasteiger partial charge in [-0.3, -0.25) is 0 Å². The van der Waals surface area contributed by atoms with E-state index in [1.165, 1.54) is 0 Å². The van der Waals surface area contributed by atoms with Gasteiger partial charge < -0.3 is 10.3 Å². The van der Waals surface area contributed by atoms with E-state index in [-0.39, 0.29) is 0 Å². The average Bonchev–Trinajstić information content (AvgIpc) is 2.33. The average molecular weight is 182 g/mol. The molecule has 0 saturated carbocycles. The van der Waals surface area contributed by atoms with Gasteiger partial charge in [-0.1, -0.05) is 32.9 Å². The fraction of sp³-hybridized carbons (Fsp3) is 0.700. The Balaban J connectivity index is 2.60. The Bertz CT molecular complexity index is 273. The van der Waals surface area contributed by atoms with Gasteiger partial charge in [-0.2, -0.15) is 0 Å². The van der Waals surface area contributed by atoms with E-state index in [2.05, 4.69) is 32.9 Å². The Labute approximate surface area is 79.3 Å². The highest BCUT2D eigenvalue weighted by molar-refractivity contribution is 5.26. The van der Waals surface area contributed by atoms with Gasteiger partial charge >= 0.3 is 0 Å². The van der Waals surface area contributed by atoms with E-state index in [9.17, 15) is 0 Å². The van der Waals surface area contributed by atoms with Crippen LogP contribution in [0.2, 0.25) is 0 Å². The smallest absolute Gasteiger partial charge is 0.167 e. The lowest BCUT2D eigenvalue weighted by Gasteiger charge is -2.26. The number of rotatable bonds is 2. The van der Waals surface area contributed by atoms with Crippen molar-refractivity contribution in [2.24, 2.45) is 11.3 Å². The normalized spacial score (nSPS) is 14.5. The highest BCUT2D eigenvalue weighted by Gasteiger charge is 2.21. The Kier molecular flexibility index (Phi) is 2.64. The molecule has 0 aliphatic carbocycles. The van der Waals surface area contributed by atoms with Crippen LogP contribution in [0, 0.1) is 11.3 Å². The van der Waals surface area contributed by atoms with Crippen molar-refractivity contribution < 1.29 is 4.52 Å². The molecule has 1 aromatic rings. The van der Waals surface area contributed by atoms with Gasteiger partial charge in [0.25, 0.3) is 0 Å². The van der Waals surface area contributed by atoms with Crippen molar-refractivity contribution >= 4 is 5.82 Å². The summed E-state index contributed by atoms with van der Waals surface area (Å²) in [7, 11) is 0. The maximum atomic E-state index is 5.46. The van der Waals surface area contributed by atoms with Crippen LogP contribution in [0.15, 0.2) is 10.6 Å². The standard InChI is InChI=1S/C10H18N2O/c1-7(10(2,3)4)5-8-6-9(11)12-13-8/h6-7H,5H2,1-4H3,(H2,11,12). The van der Waals surface area contributed by atoms with Crippen molar-refractivity contribution in [2.75, 3.05) is 5.73 Å². The molecule has 0 amide bonds. The van der Waals surface area contributed by atoms with Crippen LogP contribution in [0.3, 0.4) is 0 Å². The molecule has 0 saturated heterocycles. The Morgan fingerprint density at radius 2 is 2.15 bits per heavy atom. The summed E-state index contributed by atoms with van der Waals surface area (Å²) >= 11 is 0. The van der Waals surface area contributed by atoms with Crippen LogP contribution < -0.4 is 5.73 Å². The number of hydrogen-bond donors (Lipinski definition) is 1. The molecule has 0 radical (unpaired) electrons. The van der Waals surface area contributed by atoms with E-state index in [4.69, 9.17) is 10.3 Å². The molecule has 0 fully saturated rings. The molecule has 1 atom stereocenters. The SMILES string of the molecule is CC(Cc1cc(N)no1)C(C)(C)C. The lowest BCUT2D eigenvalue weighted by atomic mass is 9.80. The van der Waals surface area contributed by atoms with E-state index < -0.39 is 0 Å². The van der Waals surface area contributed by atoms with Gasteiger partial charge in [0.1, 0.15) is 5.76 Å². The third kappa shape index (κ3) is 2.76. The van der Waals surface area contributed by atoms with Gasteiger partial charge in [0.05, 0.1) is 0 Å². The van der Waals surface area contributed by atoms with Gasteiger partial charge in [-0.15, -0.1) is 0 Å². The Hall–Kier alpha value is -0.990. The van der Waals surface area contributed by atoms with Crippen LogP contribution in [-0.4, -0.2) is 5.16 Å². The second kappa shape index (κ2) is 3.40. The summed E-state index contributed by atoms with van der Waals surface area (Å²) in [5.74, 6) is 1.90. The molecular weight excluding hydrogens is 164 g/mol. The highest BCUT2D eigenvalue weighted by atomic mass is 16.5. The maximum Gasteiger partial charge on any atom is 0.167 e. The largest absolute Gasteiger partial charge is 0.381 e. The molecule has 0 aliphatic rings. The second-order valence-corrected chi connectivity index (χ2v) is 4.69. The van der Waals surface area contributed by atoms with Gasteiger partial charge in [0.2, 0.25) is 0 Å². The Morgan fingerprint density at radius 3 is 2.54 bits per heavy atom. The third-order valence-electron chi connectivity index (χ3n) is 2.56. The van der Waals surface area contributed by atoms with Crippen LogP contribution in [0.1, 0.15) is 33.5 Å². The zero-order valence-electron chi connectivity index (χ0n) is 8.79. The molecule has 2 N–H and O–H groups in total. The van der Waals surface area contributed by atoms with E-state index in [1.807, 2.05) is 0 Å². The number of hydrogen-bond acceptors (Lipinski definition) is 3. The summed E-state index contributed by atoms with van der Waals surface area (Å²) in [6, 6.07) is 1.79. The topological polar surface area (TPSA) is 52.0 Å². The number of anilines is 1. The predicted molar refractivity (Wildman–Crippen MR) is 53.2 cm³/mol. The van der Waals surface area contributed by atoms with Gasteiger partial charge in [0, 0.05) is 12.5 Å². The first-order chi connectivity index (χ1) is 5.89. The van der Waals surface area contributed by atoms with Crippen LogP contribution in [-0.2, 0) is 6.42 Å². The number of aromatic nitrogens is 1. The molecule has 1 aromatic heterocycles. The van der Waals surface area contributed by atoms with Crippen LogP contribution in [0.5, 0.6) is 0 Å². The van der Waals surface area contributed by atoms with Crippen LogP contribution >= 0.6 is 0 Å². The van der Waals surface area contributed by atoms with Crippen molar-refractivity contribution in [3.8, 4) is 0 Å². The minimum atomic E-state index is 0.293. The molecule has 1 rings (SSSR count). The zero-order chi connectivity index (χ0) is 10.1. The van der Waals surface area contributed by atoms with Crippen molar-refractivity contribution in [3.05, 3.63) is 11.8 Å². The van der Waals surface area contributed by atoms with Crippen molar-refractivity contribution in [3.63, 3.8) is 0 Å². The predicted octanol–water partition coefficient (Wildman–Crippen LogP) is 2.48. The fourth-order valence-electron chi connectivity index (χ4n) is 1.03. The fourth-order valence-corrected chi connectivity index (χ4v) is 1.03. The van der Waals surface area contributed by atoms with E-state index in [0.29, 0.717) is 17.2 Å². The van der Waals surface area contributed by atoms with Crippen molar-refractivity contribution in [2.45, 2.75) is 34.1 Å². The summed E-state index contributed by atoms with van der Waals surface area (Å²) in [4.78, 5) is 0. The maximum absolute atomic E-state index is 5.46. The van der Waals surface area contributed by atoms with Crippen LogP contribution in [0.25, 0.3) is 0 Å². The van der Waals surface area contributed by atoms with E-state index in [1.54, 1.807) is 6.07 Å². The molecular formula is C10H18N2O. The lowest BCUT2D eigenvalue weighted by Crippen LogP contribution is -2.19. The minimum absolute atomic E-state index is 0.293. The summed E-state index contributed by atoms with van der Waals surface area (Å²) in [6.07, 6.45) is 0.897. The van der Waals surface area contributed by atoms with E-state index in [0.717, 1.165) is 12.2 Å². The number of nitrogens with zero attached hydrogens (tertiary/aromatic N) is 1. The zero-order valence-corrected chi connectivity index (χ0v) is 8.79. The second-order valence-electron chi connectivity index (χ2n) is 4.69. The van der Waals surface area contributed by atoms with Crippen molar-refractivity contribution in [1.29, 1.82) is 0 Å². The molecule has 0 spiro atoms. The molecule has 0 bridgehead atoms. The molecule has 1 heterocycles. The monoisotopic (exact) mass is 182 g/mol. The van der Waals surface area contributed by atoms with Crippen molar-refractivity contribution in [1.82, 2.24) is 5.16 Å². The quantitative estimate of drug-likeness (QED) is 0.764. The molecule has 3 nitrogen and oxygen atoms in total. The molecule has 3 heteroatoms. The molecule has 1 unspecified atom stereocenters. The van der Waals surface area contributed by atoms with E-state index >= 15 is 0 Å². The first kappa shape index (κ1) is 10.1. The summed E-state index contributed by atoms with van der Waals surface area (Å²) in [5.41, 5.74) is 5.75. The summed E-state index contributed by atoms with van der Waals surface area (Å²) < 4.78 is 5.06. The molecule has 13 heavy (non-hydrogen) atoms. The van der Waals surface area contributed by atoms with Crippen LogP contribution in [0.4, 0.5) is 5.82 Å². The highest BCUT2D eigenvalue weighted by Crippen LogP contribution is 2.28. The third-order valence-corrected chi connectivity index (χ3v) is 2.56. The van der Waals surface area contributed by atoms with Gasteiger partial charge in [-0.25, -0.2) is 0 Å². The Morgan fingerprint density at radius 1 is 1.54 bits per heavy atom. The van der Waals surface area contributed by atoms with Gasteiger partial charge in [-0.05, 0) is 11.3 Å². The molecule has 0 aliphatic heterocycles. The first-order valence-electron chi connectivity index (χ1n) is 4.60. The van der Waals surface area contributed by atoms with Gasteiger partial charge in [0.15, 0.2) is 5.82 Å². The molecule has 0 aromatic carbocycles. The first-order valence-corrected chi connectivity index (χ1v) is 4.60. The molecule has 74 valence electrons. The number of nitrogen functional groups attached to an aromatic ring is 1. The minimum Gasteiger partial charge on any atom is -0.381 e. The summed E-state index contributed by atoms with van der Waals surface area (Å²) in [6.45, 7) is 8.87.